The highest BCUT2D eigenvalue weighted by molar-refractivity contribution is 5.25. The Bertz CT molecular complexity index is 187. The summed E-state index contributed by atoms with van der Waals surface area (Å²) in [6.07, 6.45) is 13.1. The molecule has 0 saturated carbocycles. The van der Waals surface area contributed by atoms with E-state index in [9.17, 15) is 0 Å². The molecule has 1 unspecified atom stereocenters. The van der Waals surface area contributed by atoms with Gasteiger partial charge in [-0.25, -0.2) is 0 Å². The molecule has 0 aliphatic carbocycles. The maximum Gasteiger partial charge on any atom is 0.0223 e. The first kappa shape index (κ1) is 10.9. The van der Waals surface area contributed by atoms with Crippen LogP contribution in [0.25, 0.3) is 0 Å². The molecular weight excluding hydrogens is 146 g/mol. The highest BCUT2D eigenvalue weighted by atomic mass is 14.6. The smallest absolute Gasteiger partial charge is 0.0223 e. The summed E-state index contributed by atoms with van der Waals surface area (Å²) in [7, 11) is 0. The molecule has 66 valence electrons. The Labute approximate surface area is 75.2 Å². The Kier molecular flexibility index (Phi) is 7.25. The third-order valence-electron chi connectivity index (χ3n) is 1.47. The van der Waals surface area contributed by atoms with E-state index in [2.05, 4.69) is 30.8 Å². The molecule has 0 saturated heterocycles. The van der Waals surface area contributed by atoms with Crippen molar-refractivity contribution >= 4 is 6.72 Å². The van der Waals surface area contributed by atoms with Crippen LogP contribution >= 0.6 is 0 Å². The van der Waals surface area contributed by atoms with E-state index in [4.69, 9.17) is 0 Å². The number of hydrogen-bond donors (Lipinski definition) is 0. The molecule has 1 atom stereocenters. The van der Waals surface area contributed by atoms with Gasteiger partial charge in [0, 0.05) is 6.20 Å². The van der Waals surface area contributed by atoms with Gasteiger partial charge in [0.1, 0.15) is 0 Å². The molecule has 12 heavy (non-hydrogen) atoms. The van der Waals surface area contributed by atoms with Crippen molar-refractivity contribution in [3.63, 3.8) is 0 Å². The van der Waals surface area contributed by atoms with Gasteiger partial charge in [0.25, 0.3) is 0 Å². The molecule has 0 aromatic rings. The summed E-state index contributed by atoms with van der Waals surface area (Å²) in [5, 5.41) is 0. The number of hydrogen-bond acceptors (Lipinski definition) is 1. The summed E-state index contributed by atoms with van der Waals surface area (Å²) in [4.78, 5) is 3.65. The van der Waals surface area contributed by atoms with Gasteiger partial charge in [0.15, 0.2) is 0 Å². The first-order valence-corrected chi connectivity index (χ1v) is 4.21. The lowest BCUT2D eigenvalue weighted by Gasteiger charge is -1.98. The molecule has 0 fully saturated rings. The Morgan fingerprint density at radius 1 is 1.42 bits per heavy atom. The zero-order valence-corrected chi connectivity index (χ0v) is 7.90. The fourth-order valence-corrected chi connectivity index (χ4v) is 0.769. The molecule has 0 radical (unpaired) electrons. The summed E-state index contributed by atoms with van der Waals surface area (Å²) in [6.45, 7) is 7.54. The van der Waals surface area contributed by atoms with Crippen LogP contribution in [-0.2, 0) is 0 Å². The second-order valence-electron chi connectivity index (χ2n) is 2.69. The van der Waals surface area contributed by atoms with Crippen molar-refractivity contribution in [3.05, 3.63) is 36.6 Å². The summed E-state index contributed by atoms with van der Waals surface area (Å²) in [5.41, 5.74) is 0. The molecule has 0 aromatic carbocycles. The monoisotopic (exact) mass is 163 g/mol. The van der Waals surface area contributed by atoms with Crippen LogP contribution in [0.5, 0.6) is 0 Å². The largest absolute Gasteiger partial charge is 0.273 e. The van der Waals surface area contributed by atoms with Crippen molar-refractivity contribution in [2.24, 2.45) is 10.9 Å². The number of allylic oxidation sites excluding steroid dienone is 5. The van der Waals surface area contributed by atoms with E-state index < -0.39 is 0 Å². The highest BCUT2D eigenvalue weighted by Gasteiger charge is 1.90. The fourth-order valence-electron chi connectivity index (χ4n) is 0.769. The van der Waals surface area contributed by atoms with Crippen LogP contribution in [0.1, 0.15) is 20.3 Å². The molecule has 0 aliphatic heterocycles. The molecule has 0 heterocycles. The van der Waals surface area contributed by atoms with Gasteiger partial charge in [0.05, 0.1) is 0 Å². The second-order valence-corrected chi connectivity index (χ2v) is 2.69. The van der Waals surface area contributed by atoms with Gasteiger partial charge in [-0.15, -0.1) is 0 Å². The average molecular weight is 163 g/mol. The van der Waals surface area contributed by atoms with E-state index in [0.717, 1.165) is 6.42 Å². The van der Waals surface area contributed by atoms with Crippen LogP contribution in [0.2, 0.25) is 0 Å². The third kappa shape index (κ3) is 7.00. The van der Waals surface area contributed by atoms with Crippen LogP contribution in [-0.4, -0.2) is 6.72 Å². The number of rotatable bonds is 5. The Hall–Kier alpha value is -1.11. The van der Waals surface area contributed by atoms with Crippen molar-refractivity contribution in [1.82, 2.24) is 0 Å². The number of nitrogens with zero attached hydrogens (tertiary/aromatic N) is 1. The van der Waals surface area contributed by atoms with Crippen molar-refractivity contribution in [2.45, 2.75) is 20.3 Å². The molecule has 0 aliphatic rings. The maximum absolute atomic E-state index is 3.65. The first-order chi connectivity index (χ1) is 5.81. The minimum Gasteiger partial charge on any atom is -0.273 e. The molecule has 1 heteroatoms. The van der Waals surface area contributed by atoms with Gasteiger partial charge in [-0.05, 0) is 26.0 Å². The zero-order valence-electron chi connectivity index (χ0n) is 7.90. The average Bonchev–Trinajstić information content (AvgIpc) is 2.09. The lowest BCUT2D eigenvalue weighted by atomic mass is 10.1. The molecular formula is C11H17N. The van der Waals surface area contributed by atoms with Crippen LogP contribution in [0, 0.1) is 5.92 Å². The van der Waals surface area contributed by atoms with Gasteiger partial charge < -0.3 is 0 Å². The van der Waals surface area contributed by atoms with Gasteiger partial charge in [-0.1, -0.05) is 37.3 Å². The molecule has 0 N–H and O–H groups in total. The van der Waals surface area contributed by atoms with E-state index in [1.54, 1.807) is 6.20 Å². The van der Waals surface area contributed by atoms with Crippen LogP contribution in [0.4, 0.5) is 0 Å². The molecule has 0 bridgehead atoms. The minimum atomic E-state index is 0.539. The lowest BCUT2D eigenvalue weighted by Crippen LogP contribution is -1.84. The van der Waals surface area contributed by atoms with Crippen molar-refractivity contribution in [3.8, 4) is 0 Å². The molecule has 0 spiro atoms. The van der Waals surface area contributed by atoms with Crippen LogP contribution in [0.15, 0.2) is 41.6 Å². The molecule has 1 nitrogen and oxygen atoms in total. The summed E-state index contributed by atoms with van der Waals surface area (Å²) < 4.78 is 0. The van der Waals surface area contributed by atoms with E-state index in [0.29, 0.717) is 5.92 Å². The van der Waals surface area contributed by atoms with Gasteiger partial charge in [-0.2, -0.15) is 0 Å². The van der Waals surface area contributed by atoms with E-state index in [1.165, 1.54) is 0 Å². The van der Waals surface area contributed by atoms with Crippen molar-refractivity contribution in [1.29, 1.82) is 0 Å². The summed E-state index contributed by atoms with van der Waals surface area (Å²) in [6, 6.07) is 0. The lowest BCUT2D eigenvalue weighted by molar-refractivity contribution is 0.743. The Morgan fingerprint density at radius 3 is 2.75 bits per heavy atom. The molecule has 0 amide bonds. The van der Waals surface area contributed by atoms with Gasteiger partial charge >= 0.3 is 0 Å². The molecule has 0 aromatic heterocycles. The Balaban J connectivity index is 3.62. The highest BCUT2D eigenvalue weighted by Crippen LogP contribution is 2.04. The van der Waals surface area contributed by atoms with Gasteiger partial charge in [0.2, 0.25) is 0 Å². The topological polar surface area (TPSA) is 12.4 Å². The van der Waals surface area contributed by atoms with E-state index in [-0.39, 0.29) is 0 Å². The normalized spacial score (nSPS) is 14.8. The third-order valence-corrected chi connectivity index (χ3v) is 1.47. The minimum absolute atomic E-state index is 0.539. The van der Waals surface area contributed by atoms with Crippen LogP contribution < -0.4 is 0 Å². The van der Waals surface area contributed by atoms with Gasteiger partial charge in [-0.3, -0.25) is 4.99 Å². The predicted octanol–water partition coefficient (Wildman–Crippen LogP) is 3.36. The standard InChI is InChI=1S/C11H17N/c1-4-5-6-7-8-11(2)9-10-12-3/h4-7,9-11H,3,8H2,1-2H3/b5-4-,7-6+,10-9+. The molecule has 0 rings (SSSR count). The maximum atomic E-state index is 3.65. The summed E-state index contributed by atoms with van der Waals surface area (Å²) >= 11 is 0. The fraction of sp³-hybridized carbons (Fsp3) is 0.364. The Morgan fingerprint density at radius 2 is 2.17 bits per heavy atom. The summed E-state index contributed by atoms with van der Waals surface area (Å²) in [5.74, 6) is 0.539. The van der Waals surface area contributed by atoms with E-state index in [1.807, 2.05) is 25.2 Å². The SMILES string of the molecule is C=N/C=C/C(C)C/C=C/C=C\C. The quantitative estimate of drug-likeness (QED) is 0.435. The van der Waals surface area contributed by atoms with Crippen molar-refractivity contribution in [2.75, 3.05) is 0 Å². The second kappa shape index (κ2) is 7.99. The zero-order chi connectivity index (χ0) is 9.23. The predicted molar refractivity (Wildman–Crippen MR) is 56.4 cm³/mol. The number of aliphatic imine (C=N–C) groups is 1. The van der Waals surface area contributed by atoms with Crippen LogP contribution in [0.3, 0.4) is 0 Å². The van der Waals surface area contributed by atoms with Crippen molar-refractivity contribution < 1.29 is 0 Å². The van der Waals surface area contributed by atoms with E-state index >= 15 is 0 Å². The first-order valence-electron chi connectivity index (χ1n) is 4.21.